The molecule has 3 rings (SSSR count). The van der Waals surface area contributed by atoms with Crippen LogP contribution < -0.4 is 16.2 Å². The standard InChI is InChI=1S/C17H20N6O2/c18-11-13-15(21-17(20)22-16(13)19)12-3-1-2-4-14(12)25-10-7-23-5-8-24-9-6-23/h1-4H,5-10H2,(H4,19,20,21,22). The lowest BCUT2D eigenvalue weighted by Crippen LogP contribution is -2.38. The number of hydrogen-bond donors (Lipinski definition) is 2. The van der Waals surface area contributed by atoms with Crippen molar-refractivity contribution in [3.05, 3.63) is 29.8 Å². The Morgan fingerprint density at radius 2 is 1.96 bits per heavy atom. The second-order valence-corrected chi connectivity index (χ2v) is 5.60. The van der Waals surface area contributed by atoms with E-state index >= 15 is 0 Å². The Hall–Kier alpha value is -2.89. The zero-order chi connectivity index (χ0) is 17.6. The highest BCUT2D eigenvalue weighted by Gasteiger charge is 2.17. The van der Waals surface area contributed by atoms with Gasteiger partial charge in [-0.05, 0) is 12.1 Å². The van der Waals surface area contributed by atoms with Gasteiger partial charge in [-0.25, -0.2) is 4.98 Å². The molecule has 0 spiro atoms. The van der Waals surface area contributed by atoms with Gasteiger partial charge in [-0.3, -0.25) is 4.90 Å². The van der Waals surface area contributed by atoms with Gasteiger partial charge in [0, 0.05) is 25.2 Å². The molecule has 0 amide bonds. The summed E-state index contributed by atoms with van der Waals surface area (Å²) < 4.78 is 11.3. The third-order valence-electron chi connectivity index (χ3n) is 3.98. The van der Waals surface area contributed by atoms with Gasteiger partial charge >= 0.3 is 0 Å². The highest BCUT2D eigenvalue weighted by atomic mass is 16.5. The maximum absolute atomic E-state index is 9.38. The van der Waals surface area contributed by atoms with Gasteiger partial charge in [0.15, 0.2) is 0 Å². The van der Waals surface area contributed by atoms with E-state index in [1.54, 1.807) is 0 Å². The van der Waals surface area contributed by atoms with Gasteiger partial charge in [0.2, 0.25) is 5.95 Å². The summed E-state index contributed by atoms with van der Waals surface area (Å²) >= 11 is 0. The minimum Gasteiger partial charge on any atom is -0.492 e. The molecule has 1 aromatic heterocycles. The van der Waals surface area contributed by atoms with Crippen LogP contribution in [0.4, 0.5) is 11.8 Å². The highest BCUT2D eigenvalue weighted by Crippen LogP contribution is 2.32. The molecule has 1 saturated heterocycles. The number of rotatable bonds is 5. The molecule has 1 aliphatic rings. The number of nitrogen functional groups attached to an aromatic ring is 2. The lowest BCUT2D eigenvalue weighted by Gasteiger charge is -2.26. The van der Waals surface area contributed by atoms with E-state index in [0.717, 1.165) is 32.8 Å². The first-order chi connectivity index (χ1) is 12.2. The molecule has 1 aliphatic heterocycles. The molecule has 1 aromatic carbocycles. The molecule has 4 N–H and O–H groups in total. The van der Waals surface area contributed by atoms with Crippen LogP contribution in [0.2, 0.25) is 0 Å². The van der Waals surface area contributed by atoms with Gasteiger partial charge in [-0.15, -0.1) is 0 Å². The minimum absolute atomic E-state index is 0.0228. The average Bonchev–Trinajstić information content (AvgIpc) is 2.62. The van der Waals surface area contributed by atoms with Gasteiger partial charge in [-0.2, -0.15) is 10.2 Å². The molecule has 0 atom stereocenters. The molecule has 0 radical (unpaired) electrons. The molecule has 130 valence electrons. The second kappa shape index (κ2) is 7.79. The Bertz CT molecular complexity index is 783. The van der Waals surface area contributed by atoms with Crippen LogP contribution in [-0.4, -0.2) is 54.3 Å². The van der Waals surface area contributed by atoms with E-state index in [1.807, 2.05) is 30.3 Å². The first-order valence-corrected chi connectivity index (χ1v) is 8.04. The Kier molecular flexibility index (Phi) is 5.28. The fraction of sp³-hybridized carbons (Fsp3) is 0.353. The number of morpholine rings is 1. The zero-order valence-corrected chi connectivity index (χ0v) is 13.8. The maximum Gasteiger partial charge on any atom is 0.222 e. The SMILES string of the molecule is N#Cc1c(N)nc(N)nc1-c1ccccc1OCCN1CCOCC1. The van der Waals surface area contributed by atoms with E-state index in [9.17, 15) is 5.26 Å². The molecular weight excluding hydrogens is 320 g/mol. The van der Waals surface area contributed by atoms with Crippen molar-refractivity contribution in [3.8, 4) is 23.1 Å². The number of para-hydroxylation sites is 1. The molecule has 8 heteroatoms. The Labute approximate surface area is 146 Å². The summed E-state index contributed by atoms with van der Waals surface area (Å²) in [6, 6.07) is 9.42. The summed E-state index contributed by atoms with van der Waals surface area (Å²) in [5, 5.41) is 9.38. The van der Waals surface area contributed by atoms with E-state index in [2.05, 4.69) is 14.9 Å². The van der Waals surface area contributed by atoms with Gasteiger partial charge in [0.05, 0.1) is 18.9 Å². The van der Waals surface area contributed by atoms with Crippen molar-refractivity contribution in [2.75, 3.05) is 50.9 Å². The van der Waals surface area contributed by atoms with Crippen LogP contribution in [0.25, 0.3) is 11.3 Å². The number of nitrogens with two attached hydrogens (primary N) is 2. The summed E-state index contributed by atoms with van der Waals surface area (Å²) in [6.07, 6.45) is 0. The molecule has 0 bridgehead atoms. The summed E-state index contributed by atoms with van der Waals surface area (Å²) in [6.45, 7) is 4.64. The number of anilines is 2. The van der Waals surface area contributed by atoms with Gasteiger partial charge in [0.1, 0.15) is 29.8 Å². The number of hydrogen-bond acceptors (Lipinski definition) is 8. The number of benzene rings is 1. The predicted octanol–water partition coefficient (Wildman–Crippen LogP) is 0.891. The normalized spacial score (nSPS) is 14.8. The largest absolute Gasteiger partial charge is 0.492 e. The van der Waals surface area contributed by atoms with Crippen LogP contribution >= 0.6 is 0 Å². The first kappa shape index (κ1) is 17.0. The van der Waals surface area contributed by atoms with Crippen molar-refractivity contribution >= 4 is 11.8 Å². The predicted molar refractivity (Wildman–Crippen MR) is 93.8 cm³/mol. The molecule has 0 aliphatic carbocycles. The van der Waals surface area contributed by atoms with Crippen LogP contribution in [0.15, 0.2) is 24.3 Å². The number of ether oxygens (including phenoxy) is 2. The van der Waals surface area contributed by atoms with E-state index in [0.29, 0.717) is 23.6 Å². The summed E-state index contributed by atoms with van der Waals surface area (Å²) in [5.74, 6) is 0.715. The molecule has 0 unspecified atom stereocenters. The van der Waals surface area contributed by atoms with E-state index in [1.165, 1.54) is 0 Å². The number of nitriles is 1. The van der Waals surface area contributed by atoms with Crippen molar-refractivity contribution in [3.63, 3.8) is 0 Å². The third-order valence-corrected chi connectivity index (χ3v) is 3.98. The summed E-state index contributed by atoms with van der Waals surface area (Å²) in [5.41, 5.74) is 12.7. The smallest absolute Gasteiger partial charge is 0.222 e. The molecule has 0 saturated carbocycles. The summed E-state index contributed by atoms with van der Waals surface area (Å²) in [4.78, 5) is 10.3. The topological polar surface area (TPSA) is 123 Å². The van der Waals surface area contributed by atoms with Gasteiger partial charge < -0.3 is 20.9 Å². The molecular formula is C17H20N6O2. The first-order valence-electron chi connectivity index (χ1n) is 8.04. The van der Waals surface area contributed by atoms with Crippen molar-refractivity contribution in [1.82, 2.24) is 14.9 Å². The fourth-order valence-electron chi connectivity index (χ4n) is 2.70. The Balaban J connectivity index is 1.81. The third kappa shape index (κ3) is 3.96. The Morgan fingerprint density at radius 1 is 1.20 bits per heavy atom. The number of nitrogens with zero attached hydrogens (tertiary/aromatic N) is 4. The van der Waals surface area contributed by atoms with Crippen molar-refractivity contribution in [1.29, 1.82) is 5.26 Å². The van der Waals surface area contributed by atoms with Crippen LogP contribution in [0, 0.1) is 11.3 Å². The van der Waals surface area contributed by atoms with E-state index in [-0.39, 0.29) is 17.3 Å². The molecule has 25 heavy (non-hydrogen) atoms. The van der Waals surface area contributed by atoms with Crippen molar-refractivity contribution < 1.29 is 9.47 Å². The van der Waals surface area contributed by atoms with Crippen LogP contribution in [0.1, 0.15) is 5.56 Å². The van der Waals surface area contributed by atoms with Gasteiger partial charge in [-0.1, -0.05) is 12.1 Å². The lowest BCUT2D eigenvalue weighted by molar-refractivity contribution is 0.0323. The average molecular weight is 340 g/mol. The quantitative estimate of drug-likeness (QED) is 0.822. The van der Waals surface area contributed by atoms with Crippen LogP contribution in [-0.2, 0) is 4.74 Å². The van der Waals surface area contributed by atoms with Crippen LogP contribution in [0.5, 0.6) is 5.75 Å². The second-order valence-electron chi connectivity index (χ2n) is 5.60. The minimum atomic E-state index is 0.0228. The molecule has 8 nitrogen and oxygen atoms in total. The van der Waals surface area contributed by atoms with Crippen molar-refractivity contribution in [2.24, 2.45) is 0 Å². The highest BCUT2D eigenvalue weighted by molar-refractivity contribution is 5.77. The number of aromatic nitrogens is 2. The molecule has 2 heterocycles. The Morgan fingerprint density at radius 3 is 2.72 bits per heavy atom. The maximum atomic E-state index is 9.38. The lowest BCUT2D eigenvalue weighted by atomic mass is 10.1. The summed E-state index contributed by atoms with van der Waals surface area (Å²) in [7, 11) is 0. The molecule has 2 aromatic rings. The monoisotopic (exact) mass is 340 g/mol. The molecule has 1 fully saturated rings. The van der Waals surface area contributed by atoms with E-state index < -0.39 is 0 Å². The van der Waals surface area contributed by atoms with Crippen molar-refractivity contribution in [2.45, 2.75) is 0 Å². The van der Waals surface area contributed by atoms with Crippen LogP contribution in [0.3, 0.4) is 0 Å². The van der Waals surface area contributed by atoms with E-state index in [4.69, 9.17) is 20.9 Å². The fourth-order valence-corrected chi connectivity index (χ4v) is 2.70. The zero-order valence-electron chi connectivity index (χ0n) is 13.8. The van der Waals surface area contributed by atoms with Gasteiger partial charge in [0.25, 0.3) is 0 Å².